The van der Waals surface area contributed by atoms with Crippen molar-refractivity contribution < 1.29 is 19.2 Å². The number of alkyl halides is 2. The SMILES string of the molecule is ClCCl.O=P(O)(O)O. The first-order valence-corrected chi connectivity index (χ1v) is 3.95. The van der Waals surface area contributed by atoms with E-state index in [0.717, 1.165) is 0 Å². The fourth-order valence-corrected chi connectivity index (χ4v) is 0. The average molecular weight is 183 g/mol. The first kappa shape index (κ1) is 11.5. The molecule has 8 heavy (non-hydrogen) atoms. The van der Waals surface area contributed by atoms with Gasteiger partial charge >= 0.3 is 7.82 Å². The highest BCUT2D eigenvalue weighted by molar-refractivity contribution is 7.45. The number of phosphoric acid groups is 1. The number of rotatable bonds is 0. The van der Waals surface area contributed by atoms with Crippen LogP contribution in [-0.2, 0) is 4.57 Å². The largest absolute Gasteiger partial charge is 0.466 e. The maximum absolute atomic E-state index is 8.88. The molecule has 0 spiro atoms. The lowest BCUT2D eigenvalue weighted by atomic mass is 11.9. The van der Waals surface area contributed by atoms with Gasteiger partial charge in [0.05, 0.1) is 5.34 Å². The molecule has 0 atom stereocenters. The Hall–Kier alpha value is 0.690. The molecule has 0 bridgehead atoms. The van der Waals surface area contributed by atoms with Crippen molar-refractivity contribution in [1.82, 2.24) is 0 Å². The lowest BCUT2D eigenvalue weighted by Gasteiger charge is -1.82. The molecule has 0 amide bonds. The second-order valence-corrected chi connectivity index (χ2v) is 2.45. The summed E-state index contributed by atoms with van der Waals surface area (Å²) in [6.07, 6.45) is 0. The third kappa shape index (κ3) is 455. The van der Waals surface area contributed by atoms with Gasteiger partial charge in [-0.15, -0.1) is 23.2 Å². The van der Waals surface area contributed by atoms with E-state index in [-0.39, 0.29) is 5.34 Å². The van der Waals surface area contributed by atoms with Crippen LogP contribution in [0.1, 0.15) is 0 Å². The van der Waals surface area contributed by atoms with Crippen molar-refractivity contribution in [2.45, 2.75) is 0 Å². The van der Waals surface area contributed by atoms with Crippen LogP contribution in [0.4, 0.5) is 0 Å². The van der Waals surface area contributed by atoms with Crippen LogP contribution in [0.3, 0.4) is 0 Å². The minimum atomic E-state index is -4.64. The lowest BCUT2D eigenvalue weighted by Crippen LogP contribution is -1.66. The van der Waals surface area contributed by atoms with Crippen molar-refractivity contribution >= 4 is 31.0 Å². The minimum absolute atomic E-state index is 0.194. The Labute approximate surface area is 56.3 Å². The molecule has 0 aliphatic rings. The third-order valence-corrected chi connectivity index (χ3v) is 0. The van der Waals surface area contributed by atoms with Gasteiger partial charge in [0.2, 0.25) is 0 Å². The highest BCUT2D eigenvalue weighted by Crippen LogP contribution is 2.25. The first-order chi connectivity index (χ1) is 3.41. The van der Waals surface area contributed by atoms with Gasteiger partial charge in [-0.2, -0.15) is 0 Å². The normalized spacial score (nSPS) is 9.62. The van der Waals surface area contributed by atoms with Gasteiger partial charge in [0.1, 0.15) is 0 Å². The maximum Gasteiger partial charge on any atom is 0.466 e. The summed E-state index contributed by atoms with van der Waals surface area (Å²) in [4.78, 5) is 21.6. The summed E-state index contributed by atoms with van der Waals surface area (Å²) in [5, 5.41) is 0.194. The standard InChI is InChI=1S/CH2Cl2.H3O4P/c2-1-3;1-5(2,3)4/h1H2;(H3,1,2,3,4). The van der Waals surface area contributed by atoms with E-state index in [4.69, 9.17) is 42.4 Å². The molecular formula is CH5Cl2O4P. The van der Waals surface area contributed by atoms with Gasteiger partial charge in [-0.1, -0.05) is 0 Å². The highest BCUT2D eigenvalue weighted by atomic mass is 35.5. The van der Waals surface area contributed by atoms with Crippen LogP contribution in [0.2, 0.25) is 0 Å². The second-order valence-electron chi connectivity index (χ2n) is 0.614. The fourth-order valence-electron chi connectivity index (χ4n) is 0. The Morgan fingerprint density at radius 1 is 1.25 bits per heavy atom. The van der Waals surface area contributed by atoms with Crippen LogP contribution in [0.25, 0.3) is 0 Å². The molecule has 0 aliphatic heterocycles. The molecule has 0 aliphatic carbocycles. The highest BCUT2D eigenvalue weighted by Gasteiger charge is 2.00. The molecule has 0 rings (SSSR count). The summed E-state index contributed by atoms with van der Waals surface area (Å²) < 4.78 is 8.88. The molecule has 0 heterocycles. The Morgan fingerprint density at radius 3 is 1.25 bits per heavy atom. The lowest BCUT2D eigenvalue weighted by molar-refractivity contribution is 0.275. The van der Waals surface area contributed by atoms with Crippen LogP contribution in [0, 0.1) is 0 Å². The zero-order valence-electron chi connectivity index (χ0n) is 3.66. The van der Waals surface area contributed by atoms with E-state index in [9.17, 15) is 0 Å². The Kier molecular flexibility index (Phi) is 8.35. The van der Waals surface area contributed by atoms with Gasteiger partial charge in [0, 0.05) is 0 Å². The second kappa shape index (κ2) is 5.82. The van der Waals surface area contributed by atoms with Crippen LogP contribution in [-0.4, -0.2) is 20.0 Å². The molecule has 0 saturated carbocycles. The molecule has 0 unspecified atom stereocenters. The predicted molar refractivity (Wildman–Crippen MR) is 30.8 cm³/mol. The zero-order valence-corrected chi connectivity index (χ0v) is 6.07. The maximum atomic E-state index is 8.88. The van der Waals surface area contributed by atoms with E-state index in [1.807, 2.05) is 0 Å². The van der Waals surface area contributed by atoms with E-state index in [2.05, 4.69) is 0 Å². The van der Waals surface area contributed by atoms with Crippen molar-refractivity contribution in [3.63, 3.8) is 0 Å². The Bertz CT molecular complexity index is 69.8. The summed E-state index contributed by atoms with van der Waals surface area (Å²) in [5.41, 5.74) is 0. The molecule has 0 fully saturated rings. The molecule has 4 nitrogen and oxygen atoms in total. The van der Waals surface area contributed by atoms with E-state index in [1.54, 1.807) is 0 Å². The Morgan fingerprint density at radius 2 is 1.25 bits per heavy atom. The third-order valence-electron chi connectivity index (χ3n) is 0. The van der Waals surface area contributed by atoms with Crippen LogP contribution in [0.15, 0.2) is 0 Å². The summed E-state index contributed by atoms with van der Waals surface area (Å²) in [5.74, 6) is 0. The van der Waals surface area contributed by atoms with Gasteiger partial charge in [0.25, 0.3) is 0 Å². The molecule has 7 heteroatoms. The van der Waals surface area contributed by atoms with Crippen molar-refractivity contribution in [3.05, 3.63) is 0 Å². The predicted octanol–water partition coefficient (Wildman–Crippen LogP) is 0.493. The van der Waals surface area contributed by atoms with Crippen LogP contribution in [0.5, 0.6) is 0 Å². The van der Waals surface area contributed by atoms with Crippen molar-refractivity contribution in [2.24, 2.45) is 0 Å². The molecule has 0 radical (unpaired) electrons. The zero-order chi connectivity index (χ0) is 7.21. The molecular weight excluding hydrogens is 178 g/mol. The molecule has 52 valence electrons. The van der Waals surface area contributed by atoms with E-state index >= 15 is 0 Å². The van der Waals surface area contributed by atoms with E-state index in [1.165, 1.54) is 0 Å². The summed E-state index contributed by atoms with van der Waals surface area (Å²) in [6, 6.07) is 0. The van der Waals surface area contributed by atoms with Crippen LogP contribution >= 0.6 is 31.0 Å². The van der Waals surface area contributed by atoms with Gasteiger partial charge in [-0.25, -0.2) is 4.57 Å². The molecule has 0 aromatic heterocycles. The topological polar surface area (TPSA) is 77.8 Å². The van der Waals surface area contributed by atoms with Crippen molar-refractivity contribution in [3.8, 4) is 0 Å². The average Bonchev–Trinajstić information content (AvgIpc) is 1.27. The van der Waals surface area contributed by atoms with E-state index < -0.39 is 7.82 Å². The summed E-state index contributed by atoms with van der Waals surface area (Å²) in [7, 11) is -4.64. The van der Waals surface area contributed by atoms with Gasteiger partial charge < -0.3 is 14.7 Å². The van der Waals surface area contributed by atoms with Crippen molar-refractivity contribution in [1.29, 1.82) is 0 Å². The van der Waals surface area contributed by atoms with Crippen molar-refractivity contribution in [2.75, 3.05) is 5.34 Å². The Balaban J connectivity index is 0. The van der Waals surface area contributed by atoms with E-state index in [0.29, 0.717) is 0 Å². The number of hydrogen-bond acceptors (Lipinski definition) is 1. The minimum Gasteiger partial charge on any atom is -0.303 e. The van der Waals surface area contributed by atoms with Gasteiger partial charge in [0.15, 0.2) is 0 Å². The first-order valence-electron chi connectivity index (χ1n) is 1.32. The van der Waals surface area contributed by atoms with Crippen LogP contribution < -0.4 is 0 Å². The molecule has 0 aromatic rings. The summed E-state index contributed by atoms with van der Waals surface area (Å²) in [6.45, 7) is 0. The number of hydrogen-bond donors (Lipinski definition) is 3. The quantitative estimate of drug-likeness (QED) is 0.377. The molecule has 0 saturated heterocycles. The van der Waals surface area contributed by atoms with Gasteiger partial charge in [-0.3, -0.25) is 0 Å². The van der Waals surface area contributed by atoms with Gasteiger partial charge in [-0.05, 0) is 0 Å². The monoisotopic (exact) mass is 182 g/mol. The smallest absolute Gasteiger partial charge is 0.303 e. The number of halogens is 2. The molecule has 0 aromatic carbocycles. The summed E-state index contributed by atoms with van der Waals surface area (Å²) >= 11 is 9.53. The molecule has 3 N–H and O–H groups in total. The fraction of sp³-hybridized carbons (Fsp3) is 1.00.